The number of hydrogen-bond donors (Lipinski definition) is 1. The molecule has 0 aliphatic rings. The number of nitrogens with zero attached hydrogens (tertiary/aromatic N) is 1. The molecule has 2 N–H and O–H groups in total. The molecule has 0 spiro atoms. The fraction of sp³-hybridized carbons (Fsp3) is 0.667. The summed E-state index contributed by atoms with van der Waals surface area (Å²) in [6, 6.07) is 4.30. The molecule has 2 nitrogen and oxygen atoms in total. The Morgan fingerprint density at radius 1 is 1.47 bits per heavy atom. The van der Waals surface area contributed by atoms with Crippen LogP contribution < -0.4 is 5.73 Å². The molecule has 0 aliphatic heterocycles. The Morgan fingerprint density at radius 3 is 2.73 bits per heavy atom. The second-order valence-electron chi connectivity index (χ2n) is 4.91. The summed E-state index contributed by atoms with van der Waals surface area (Å²) in [7, 11) is 2.17. The van der Waals surface area contributed by atoms with Crippen molar-refractivity contribution in [2.45, 2.75) is 38.8 Å². The SMILES string of the molecule is CN(CCCC(C)(C)N)Cc1cccs1. The highest BCUT2D eigenvalue weighted by atomic mass is 32.1. The van der Waals surface area contributed by atoms with Gasteiger partial charge < -0.3 is 10.6 Å². The third-order valence-corrected chi connectivity index (χ3v) is 3.23. The molecular formula is C12H22N2S. The second kappa shape index (κ2) is 5.64. The van der Waals surface area contributed by atoms with Crippen LogP contribution >= 0.6 is 11.3 Å². The van der Waals surface area contributed by atoms with Crippen LogP contribution in [0, 0.1) is 0 Å². The van der Waals surface area contributed by atoms with Crippen molar-refractivity contribution in [2.75, 3.05) is 13.6 Å². The molecule has 0 saturated heterocycles. The van der Waals surface area contributed by atoms with Crippen LogP contribution in [0.4, 0.5) is 0 Å². The zero-order chi connectivity index (χ0) is 11.3. The molecule has 1 heterocycles. The molecule has 0 bridgehead atoms. The molecule has 0 amide bonds. The highest BCUT2D eigenvalue weighted by molar-refractivity contribution is 7.09. The fourth-order valence-corrected chi connectivity index (χ4v) is 2.34. The molecule has 0 aromatic carbocycles. The first-order valence-electron chi connectivity index (χ1n) is 5.47. The Hall–Kier alpha value is -0.380. The zero-order valence-electron chi connectivity index (χ0n) is 9.99. The maximum Gasteiger partial charge on any atom is 0.0324 e. The fourth-order valence-electron chi connectivity index (χ4n) is 1.55. The Balaban J connectivity index is 2.17. The third kappa shape index (κ3) is 5.92. The van der Waals surface area contributed by atoms with Gasteiger partial charge in [0, 0.05) is 17.0 Å². The first-order chi connectivity index (χ1) is 6.97. The Bertz CT molecular complexity index is 262. The maximum atomic E-state index is 5.94. The summed E-state index contributed by atoms with van der Waals surface area (Å²) >= 11 is 1.82. The molecule has 1 aromatic heterocycles. The number of nitrogens with two attached hydrogens (primary N) is 1. The standard InChI is InChI=1S/C12H22N2S/c1-12(2,13)7-5-8-14(3)10-11-6-4-9-15-11/h4,6,9H,5,7-8,10,13H2,1-3H3. The van der Waals surface area contributed by atoms with Gasteiger partial charge in [0.15, 0.2) is 0 Å². The van der Waals surface area contributed by atoms with Crippen molar-refractivity contribution in [3.8, 4) is 0 Å². The monoisotopic (exact) mass is 226 g/mol. The average molecular weight is 226 g/mol. The van der Waals surface area contributed by atoms with Gasteiger partial charge in [0.2, 0.25) is 0 Å². The molecule has 1 aromatic rings. The van der Waals surface area contributed by atoms with Crippen molar-refractivity contribution in [1.29, 1.82) is 0 Å². The van der Waals surface area contributed by atoms with Crippen LogP contribution in [-0.4, -0.2) is 24.0 Å². The smallest absolute Gasteiger partial charge is 0.0324 e. The van der Waals surface area contributed by atoms with Crippen molar-refractivity contribution in [3.63, 3.8) is 0 Å². The molecule has 15 heavy (non-hydrogen) atoms. The minimum absolute atomic E-state index is 0.0240. The van der Waals surface area contributed by atoms with Crippen LogP contribution in [0.25, 0.3) is 0 Å². The molecule has 1 rings (SSSR count). The van der Waals surface area contributed by atoms with E-state index < -0.39 is 0 Å². The van der Waals surface area contributed by atoms with Gasteiger partial charge in [-0.1, -0.05) is 6.07 Å². The summed E-state index contributed by atoms with van der Waals surface area (Å²) in [5.74, 6) is 0. The largest absolute Gasteiger partial charge is 0.326 e. The molecule has 86 valence electrons. The highest BCUT2D eigenvalue weighted by Gasteiger charge is 2.10. The van der Waals surface area contributed by atoms with Crippen molar-refractivity contribution in [3.05, 3.63) is 22.4 Å². The quantitative estimate of drug-likeness (QED) is 0.808. The highest BCUT2D eigenvalue weighted by Crippen LogP contribution is 2.12. The molecule has 0 atom stereocenters. The first kappa shape index (κ1) is 12.7. The van der Waals surface area contributed by atoms with E-state index in [9.17, 15) is 0 Å². The second-order valence-corrected chi connectivity index (χ2v) is 5.94. The lowest BCUT2D eigenvalue weighted by Crippen LogP contribution is -2.33. The van der Waals surface area contributed by atoms with E-state index in [1.165, 1.54) is 11.3 Å². The van der Waals surface area contributed by atoms with Crippen LogP contribution in [0.2, 0.25) is 0 Å². The van der Waals surface area contributed by atoms with Crippen LogP contribution in [-0.2, 0) is 6.54 Å². The predicted octanol–water partition coefficient (Wildman–Crippen LogP) is 2.70. The number of thiophene rings is 1. The van der Waals surface area contributed by atoms with E-state index in [4.69, 9.17) is 5.73 Å². The van der Waals surface area contributed by atoms with Gasteiger partial charge in [-0.25, -0.2) is 0 Å². The van der Waals surface area contributed by atoms with Crippen molar-refractivity contribution >= 4 is 11.3 Å². The molecular weight excluding hydrogens is 204 g/mol. The summed E-state index contributed by atoms with van der Waals surface area (Å²) in [6.07, 6.45) is 2.26. The van der Waals surface area contributed by atoms with E-state index in [1.54, 1.807) is 0 Å². The summed E-state index contributed by atoms with van der Waals surface area (Å²) in [5.41, 5.74) is 5.92. The van der Waals surface area contributed by atoms with Crippen LogP contribution in [0.1, 0.15) is 31.6 Å². The molecule has 0 saturated carbocycles. The van der Waals surface area contributed by atoms with E-state index in [-0.39, 0.29) is 5.54 Å². The summed E-state index contributed by atoms with van der Waals surface area (Å²) < 4.78 is 0. The van der Waals surface area contributed by atoms with Crippen LogP contribution in [0.3, 0.4) is 0 Å². The van der Waals surface area contributed by atoms with E-state index >= 15 is 0 Å². The summed E-state index contributed by atoms with van der Waals surface area (Å²) in [5, 5.41) is 2.13. The zero-order valence-corrected chi connectivity index (χ0v) is 10.8. The number of rotatable bonds is 6. The molecule has 0 fully saturated rings. The molecule has 0 aliphatic carbocycles. The lowest BCUT2D eigenvalue weighted by Gasteiger charge is -2.21. The Kier molecular flexibility index (Phi) is 4.77. The van der Waals surface area contributed by atoms with Gasteiger partial charge in [-0.3, -0.25) is 0 Å². The van der Waals surface area contributed by atoms with Crippen LogP contribution in [0.15, 0.2) is 17.5 Å². The van der Waals surface area contributed by atoms with Gasteiger partial charge in [-0.15, -0.1) is 11.3 Å². The number of hydrogen-bond acceptors (Lipinski definition) is 3. The molecule has 3 heteroatoms. The van der Waals surface area contributed by atoms with Crippen LogP contribution in [0.5, 0.6) is 0 Å². The van der Waals surface area contributed by atoms with E-state index in [2.05, 4.69) is 43.3 Å². The van der Waals surface area contributed by atoms with Crippen molar-refractivity contribution in [1.82, 2.24) is 4.90 Å². The van der Waals surface area contributed by atoms with Crippen molar-refractivity contribution < 1.29 is 0 Å². The lowest BCUT2D eigenvalue weighted by molar-refractivity contribution is 0.305. The predicted molar refractivity (Wildman–Crippen MR) is 68.2 cm³/mol. The molecule has 0 unspecified atom stereocenters. The third-order valence-electron chi connectivity index (χ3n) is 2.37. The van der Waals surface area contributed by atoms with Gasteiger partial charge in [0.05, 0.1) is 0 Å². The Morgan fingerprint density at radius 2 is 2.20 bits per heavy atom. The normalized spacial score (nSPS) is 12.3. The van der Waals surface area contributed by atoms with Gasteiger partial charge in [-0.05, 0) is 51.7 Å². The topological polar surface area (TPSA) is 29.3 Å². The maximum absolute atomic E-state index is 5.94. The van der Waals surface area contributed by atoms with Gasteiger partial charge in [-0.2, -0.15) is 0 Å². The van der Waals surface area contributed by atoms with E-state index in [0.717, 1.165) is 19.5 Å². The van der Waals surface area contributed by atoms with Gasteiger partial charge >= 0.3 is 0 Å². The van der Waals surface area contributed by atoms with Gasteiger partial charge in [0.25, 0.3) is 0 Å². The summed E-state index contributed by atoms with van der Waals surface area (Å²) in [4.78, 5) is 3.79. The lowest BCUT2D eigenvalue weighted by atomic mass is 10.0. The summed E-state index contributed by atoms with van der Waals surface area (Å²) in [6.45, 7) is 6.36. The van der Waals surface area contributed by atoms with E-state index in [1.807, 2.05) is 11.3 Å². The van der Waals surface area contributed by atoms with Gasteiger partial charge in [0.1, 0.15) is 0 Å². The molecule has 0 radical (unpaired) electrons. The minimum Gasteiger partial charge on any atom is -0.326 e. The minimum atomic E-state index is -0.0240. The first-order valence-corrected chi connectivity index (χ1v) is 6.35. The van der Waals surface area contributed by atoms with E-state index in [0.29, 0.717) is 0 Å². The average Bonchev–Trinajstić information content (AvgIpc) is 2.54. The van der Waals surface area contributed by atoms with Crippen molar-refractivity contribution in [2.24, 2.45) is 5.73 Å². The Labute approximate surface area is 97.1 Å².